The van der Waals surface area contributed by atoms with Gasteiger partial charge in [-0.2, -0.15) is 18.2 Å². The first-order chi connectivity index (χ1) is 20.9. The van der Waals surface area contributed by atoms with Crippen molar-refractivity contribution in [3.8, 4) is 5.88 Å². The minimum absolute atomic E-state index is 0.0536. The van der Waals surface area contributed by atoms with E-state index in [9.17, 15) is 31.5 Å². The van der Waals surface area contributed by atoms with Gasteiger partial charge < -0.3 is 20.4 Å². The minimum atomic E-state index is -4.29. The van der Waals surface area contributed by atoms with Gasteiger partial charge in [-0.1, -0.05) is 29.3 Å². The number of nitrogens with one attached hydrogen (secondary N) is 3. The van der Waals surface area contributed by atoms with Crippen LogP contribution >= 0.6 is 23.2 Å². The molecular weight excluding hydrogens is 632 g/mol. The fourth-order valence-corrected chi connectivity index (χ4v) is 5.84. The van der Waals surface area contributed by atoms with Crippen molar-refractivity contribution >= 4 is 46.2 Å². The lowest BCUT2D eigenvalue weighted by atomic mass is 9.85. The molecule has 3 N–H and O–H groups in total. The number of nitrogens with zero attached hydrogens (tertiary/aromatic N) is 2. The number of H-pyrrole nitrogens is 1. The molecule has 2 amide bonds. The first kappa shape index (κ1) is 32.2. The smallest absolute Gasteiger partial charge is 0.391 e. The average Bonchev–Trinajstić information content (AvgIpc) is 3.69. The van der Waals surface area contributed by atoms with Crippen molar-refractivity contribution in [3.63, 3.8) is 0 Å². The Morgan fingerprint density at radius 3 is 2.45 bits per heavy atom. The number of alkyl halides is 5. The maximum atomic E-state index is 13.2. The number of carbonyl (C=O) groups is 2. The normalized spacial score (nSPS) is 18.9. The SMILES string of the molecule is O=C(CC1CC1)NCc1ccc(Cl)c(Cc2nc3nc(OCC(F)F)c(C(=O)NC4CCC(C(F)(F)F)CC4)cc3[nH]2)c1Cl. The number of hydrogen-bond donors (Lipinski definition) is 3. The molecule has 1 aromatic carbocycles. The molecule has 2 heterocycles. The van der Waals surface area contributed by atoms with Gasteiger partial charge in [-0.25, -0.2) is 13.8 Å². The molecule has 0 atom stereocenters. The van der Waals surface area contributed by atoms with Gasteiger partial charge in [0.25, 0.3) is 12.3 Å². The van der Waals surface area contributed by atoms with Crippen molar-refractivity contribution in [1.29, 1.82) is 0 Å². The quantitative estimate of drug-likeness (QED) is 0.197. The van der Waals surface area contributed by atoms with E-state index < -0.39 is 37.1 Å². The summed E-state index contributed by atoms with van der Waals surface area (Å²) < 4.78 is 70.2. The van der Waals surface area contributed by atoms with E-state index in [1.807, 2.05) is 0 Å². The van der Waals surface area contributed by atoms with E-state index in [2.05, 4.69) is 25.6 Å². The predicted octanol–water partition coefficient (Wildman–Crippen LogP) is 6.77. The van der Waals surface area contributed by atoms with Crippen molar-refractivity contribution in [3.05, 3.63) is 50.8 Å². The highest BCUT2D eigenvalue weighted by molar-refractivity contribution is 6.36. The van der Waals surface area contributed by atoms with Crippen LogP contribution < -0.4 is 15.4 Å². The number of carbonyl (C=O) groups excluding carboxylic acids is 2. The van der Waals surface area contributed by atoms with Gasteiger partial charge in [-0.3, -0.25) is 9.59 Å². The first-order valence-electron chi connectivity index (χ1n) is 14.3. The predicted molar refractivity (Wildman–Crippen MR) is 153 cm³/mol. The Hall–Kier alpha value is -3.19. The van der Waals surface area contributed by atoms with Crippen molar-refractivity contribution in [2.75, 3.05) is 6.61 Å². The molecule has 0 radical (unpaired) electrons. The molecule has 0 unspecified atom stereocenters. The van der Waals surface area contributed by atoms with E-state index in [4.69, 9.17) is 27.9 Å². The molecular formula is C29H30Cl2F5N5O3. The summed E-state index contributed by atoms with van der Waals surface area (Å²) in [6.07, 6.45) is -4.41. The zero-order valence-electron chi connectivity index (χ0n) is 23.4. The van der Waals surface area contributed by atoms with Crippen LogP contribution in [0.3, 0.4) is 0 Å². The number of benzene rings is 1. The van der Waals surface area contributed by atoms with Crippen molar-refractivity contribution < 1.29 is 36.3 Å². The van der Waals surface area contributed by atoms with Gasteiger partial charge in [0.05, 0.1) is 16.5 Å². The van der Waals surface area contributed by atoms with Crippen molar-refractivity contribution in [2.45, 2.75) is 76.6 Å². The number of amides is 2. The molecule has 15 heteroatoms. The number of halogens is 7. The minimum Gasteiger partial charge on any atom is -0.471 e. The summed E-state index contributed by atoms with van der Waals surface area (Å²) in [5.74, 6) is -1.76. The van der Waals surface area contributed by atoms with Gasteiger partial charge in [0, 0.05) is 30.5 Å². The van der Waals surface area contributed by atoms with E-state index >= 15 is 0 Å². The number of imidazole rings is 1. The number of rotatable bonds is 11. The lowest BCUT2D eigenvalue weighted by Gasteiger charge is -2.30. The van der Waals surface area contributed by atoms with Gasteiger partial charge in [-0.15, -0.1) is 0 Å². The maximum Gasteiger partial charge on any atom is 0.391 e. The summed E-state index contributed by atoms with van der Waals surface area (Å²) in [6, 6.07) is 4.21. The average molecular weight is 662 g/mol. The van der Waals surface area contributed by atoms with Crippen LogP contribution in [0.4, 0.5) is 22.0 Å². The summed E-state index contributed by atoms with van der Waals surface area (Å²) in [7, 11) is 0. The number of aromatic amines is 1. The molecule has 8 nitrogen and oxygen atoms in total. The van der Waals surface area contributed by atoms with Gasteiger partial charge in [-0.05, 0) is 67.7 Å². The van der Waals surface area contributed by atoms with Crippen LogP contribution in [-0.2, 0) is 17.8 Å². The number of fused-ring (bicyclic) bond motifs is 1. The van der Waals surface area contributed by atoms with Crippen LogP contribution in [0.2, 0.25) is 10.0 Å². The molecule has 0 spiro atoms. The third kappa shape index (κ3) is 8.09. The fraction of sp³-hybridized carbons (Fsp3) is 0.517. The molecule has 0 aliphatic heterocycles. The summed E-state index contributed by atoms with van der Waals surface area (Å²) in [5.41, 5.74) is 1.41. The Morgan fingerprint density at radius 2 is 1.80 bits per heavy atom. The third-order valence-electron chi connectivity index (χ3n) is 7.86. The topological polar surface area (TPSA) is 109 Å². The van der Waals surface area contributed by atoms with Gasteiger partial charge in [0.15, 0.2) is 12.3 Å². The summed E-state index contributed by atoms with van der Waals surface area (Å²) in [6.45, 7) is -0.806. The van der Waals surface area contributed by atoms with Crippen LogP contribution in [0.5, 0.6) is 5.88 Å². The Bertz CT molecular complexity index is 1520. The Kier molecular flexibility index (Phi) is 9.83. The second-order valence-electron chi connectivity index (χ2n) is 11.3. The number of hydrogen-bond acceptors (Lipinski definition) is 5. The standard InChI is InChI=1S/C29H30Cl2F5N5O3/c30-20-8-3-15(12-37-24(42)9-14-1-2-14)25(31)18(20)11-23-39-21-10-19(28(41-26(21)40-23)44-13-22(32)33)27(43)38-17-6-4-16(5-7-17)29(34,35)36/h3,8,10,14,16-17,22H,1-2,4-7,9,11-13H2,(H,37,42)(H,38,43)(H,39,40,41). The highest BCUT2D eigenvalue weighted by Gasteiger charge is 2.41. The third-order valence-corrected chi connectivity index (χ3v) is 8.69. The summed E-state index contributed by atoms with van der Waals surface area (Å²) >= 11 is 13.1. The van der Waals surface area contributed by atoms with Crippen LogP contribution in [0, 0.1) is 11.8 Å². The number of pyridine rings is 1. The molecule has 2 aliphatic rings. The zero-order valence-corrected chi connectivity index (χ0v) is 24.9. The van der Waals surface area contributed by atoms with Crippen LogP contribution in [-0.4, -0.2) is 52.0 Å². The molecule has 3 aromatic rings. The number of aromatic nitrogens is 3. The lowest BCUT2D eigenvalue weighted by molar-refractivity contribution is -0.182. The Labute approximate surface area is 259 Å². The van der Waals surface area contributed by atoms with Crippen LogP contribution in [0.1, 0.15) is 72.3 Å². The molecule has 5 rings (SSSR count). The molecule has 2 aromatic heterocycles. The monoisotopic (exact) mass is 661 g/mol. The molecule has 2 saturated carbocycles. The number of ether oxygens (including phenoxy) is 1. The zero-order chi connectivity index (χ0) is 31.6. The summed E-state index contributed by atoms with van der Waals surface area (Å²) in [4.78, 5) is 36.9. The molecule has 2 fully saturated rings. The molecule has 0 saturated heterocycles. The van der Waals surface area contributed by atoms with E-state index in [1.54, 1.807) is 12.1 Å². The van der Waals surface area contributed by atoms with Crippen molar-refractivity contribution in [2.24, 2.45) is 11.8 Å². The lowest BCUT2D eigenvalue weighted by Crippen LogP contribution is -2.40. The largest absolute Gasteiger partial charge is 0.471 e. The van der Waals surface area contributed by atoms with E-state index in [0.29, 0.717) is 44.9 Å². The highest BCUT2D eigenvalue weighted by atomic mass is 35.5. The highest BCUT2D eigenvalue weighted by Crippen LogP contribution is 2.38. The van der Waals surface area contributed by atoms with Crippen molar-refractivity contribution in [1.82, 2.24) is 25.6 Å². The van der Waals surface area contributed by atoms with Gasteiger partial charge in [0.1, 0.15) is 11.4 Å². The molecule has 0 bridgehead atoms. The first-order valence-corrected chi connectivity index (χ1v) is 15.0. The summed E-state index contributed by atoms with van der Waals surface area (Å²) in [5, 5.41) is 6.26. The van der Waals surface area contributed by atoms with Crippen LogP contribution in [0.25, 0.3) is 11.2 Å². The molecule has 2 aliphatic carbocycles. The van der Waals surface area contributed by atoms with Gasteiger partial charge in [0.2, 0.25) is 11.8 Å². The van der Waals surface area contributed by atoms with Crippen LogP contribution in [0.15, 0.2) is 18.2 Å². The van der Waals surface area contributed by atoms with Gasteiger partial charge >= 0.3 is 6.18 Å². The van der Waals surface area contributed by atoms with E-state index in [-0.39, 0.29) is 61.6 Å². The molecule has 44 heavy (non-hydrogen) atoms. The molecule has 238 valence electrons. The fourth-order valence-electron chi connectivity index (χ4n) is 5.26. The second-order valence-corrected chi connectivity index (χ2v) is 12.0. The maximum absolute atomic E-state index is 13.2. The Morgan fingerprint density at radius 1 is 1.07 bits per heavy atom. The van der Waals surface area contributed by atoms with E-state index in [1.165, 1.54) is 6.07 Å². The van der Waals surface area contributed by atoms with E-state index in [0.717, 1.165) is 12.8 Å². The second kappa shape index (κ2) is 13.4. The Balaban J connectivity index is 1.33.